The molecule has 3 nitrogen and oxygen atoms in total. The summed E-state index contributed by atoms with van der Waals surface area (Å²) in [6, 6.07) is 8.97. The molecule has 0 aliphatic heterocycles. The fraction of sp³-hybridized carbons (Fsp3) is 0. The maximum atomic E-state index is 11.7. The molecule has 0 atom stereocenters. The van der Waals surface area contributed by atoms with Gasteiger partial charge in [-0.2, -0.15) is 0 Å². The van der Waals surface area contributed by atoms with E-state index >= 15 is 0 Å². The second-order valence-electron chi connectivity index (χ2n) is 3.97. The Morgan fingerprint density at radius 2 is 1.95 bits per heavy atom. The zero-order valence-corrected chi connectivity index (χ0v) is 11.3. The van der Waals surface area contributed by atoms with E-state index in [9.17, 15) is 4.79 Å². The highest BCUT2D eigenvalue weighted by molar-refractivity contribution is 7.13. The van der Waals surface area contributed by atoms with Gasteiger partial charge in [0, 0.05) is 34.4 Å². The summed E-state index contributed by atoms with van der Waals surface area (Å²) < 4.78 is 0. The lowest BCUT2D eigenvalue weighted by Gasteiger charge is -1.96. The van der Waals surface area contributed by atoms with Crippen molar-refractivity contribution in [3.05, 3.63) is 63.4 Å². The number of thiazole rings is 1. The van der Waals surface area contributed by atoms with Crippen LogP contribution < -0.4 is 5.43 Å². The Bertz CT molecular complexity index is 761. The average Bonchev–Trinajstić information content (AvgIpc) is 2.89. The van der Waals surface area contributed by atoms with Gasteiger partial charge in [-0.3, -0.25) is 4.79 Å². The average molecular weight is 289 g/mol. The van der Waals surface area contributed by atoms with Gasteiger partial charge in [-0.25, -0.2) is 4.98 Å². The van der Waals surface area contributed by atoms with Crippen LogP contribution in [0.2, 0.25) is 5.02 Å². The Morgan fingerprint density at radius 3 is 2.68 bits per heavy atom. The van der Waals surface area contributed by atoms with E-state index in [1.807, 2.05) is 29.6 Å². The Hall–Kier alpha value is -1.91. The minimum absolute atomic E-state index is 0.0317. The molecule has 5 heteroatoms. The number of H-pyrrole nitrogens is 1. The van der Waals surface area contributed by atoms with Gasteiger partial charge in [0.1, 0.15) is 5.01 Å². The first-order valence-corrected chi connectivity index (χ1v) is 6.89. The standard InChI is InChI=1S/C14H9ClN2OS/c15-10-3-1-9(2-4-10)12-8-19-14(17-12)11-7-16-6-5-13(11)18/h1-8H,(H,16,18). The fourth-order valence-electron chi connectivity index (χ4n) is 1.73. The third-order valence-corrected chi connectivity index (χ3v) is 3.83. The molecule has 0 unspecified atom stereocenters. The molecule has 0 aliphatic rings. The zero-order valence-electron chi connectivity index (χ0n) is 9.76. The van der Waals surface area contributed by atoms with E-state index in [4.69, 9.17) is 11.6 Å². The van der Waals surface area contributed by atoms with Gasteiger partial charge in [0.25, 0.3) is 0 Å². The van der Waals surface area contributed by atoms with E-state index in [0.717, 1.165) is 11.3 Å². The first-order valence-electron chi connectivity index (χ1n) is 5.63. The van der Waals surface area contributed by atoms with E-state index in [2.05, 4.69) is 9.97 Å². The van der Waals surface area contributed by atoms with Gasteiger partial charge in [-0.1, -0.05) is 23.7 Å². The molecule has 19 heavy (non-hydrogen) atoms. The highest BCUT2D eigenvalue weighted by Gasteiger charge is 2.09. The molecule has 94 valence electrons. The topological polar surface area (TPSA) is 45.8 Å². The Balaban J connectivity index is 2.02. The summed E-state index contributed by atoms with van der Waals surface area (Å²) >= 11 is 7.31. The fourth-order valence-corrected chi connectivity index (χ4v) is 2.71. The number of aromatic amines is 1. The molecule has 0 saturated heterocycles. The van der Waals surface area contributed by atoms with Crippen molar-refractivity contribution < 1.29 is 0 Å². The Morgan fingerprint density at radius 1 is 1.16 bits per heavy atom. The number of aromatic nitrogens is 2. The molecule has 0 bridgehead atoms. The van der Waals surface area contributed by atoms with Crippen molar-refractivity contribution in [2.24, 2.45) is 0 Å². The first-order chi connectivity index (χ1) is 9.24. The summed E-state index contributed by atoms with van der Waals surface area (Å²) in [6.07, 6.45) is 3.28. The first kappa shape index (κ1) is 12.1. The van der Waals surface area contributed by atoms with Crippen LogP contribution in [-0.4, -0.2) is 9.97 Å². The van der Waals surface area contributed by atoms with E-state index in [-0.39, 0.29) is 5.43 Å². The van der Waals surface area contributed by atoms with Crippen LogP contribution >= 0.6 is 22.9 Å². The van der Waals surface area contributed by atoms with Crippen LogP contribution in [0.15, 0.2) is 52.9 Å². The van der Waals surface area contributed by atoms with Crippen LogP contribution in [0.1, 0.15) is 0 Å². The number of benzene rings is 1. The number of nitrogens with zero attached hydrogens (tertiary/aromatic N) is 1. The monoisotopic (exact) mass is 288 g/mol. The van der Waals surface area contributed by atoms with E-state index in [0.29, 0.717) is 15.6 Å². The number of hydrogen-bond acceptors (Lipinski definition) is 3. The van der Waals surface area contributed by atoms with E-state index in [1.54, 1.807) is 12.4 Å². The summed E-state index contributed by atoms with van der Waals surface area (Å²) in [5, 5.41) is 3.34. The third-order valence-electron chi connectivity index (χ3n) is 2.70. The van der Waals surface area contributed by atoms with Crippen molar-refractivity contribution in [2.45, 2.75) is 0 Å². The molecule has 3 rings (SSSR count). The minimum Gasteiger partial charge on any atom is -0.367 e. The van der Waals surface area contributed by atoms with Crippen molar-refractivity contribution in [1.82, 2.24) is 9.97 Å². The van der Waals surface area contributed by atoms with Gasteiger partial charge >= 0.3 is 0 Å². The van der Waals surface area contributed by atoms with Crippen molar-refractivity contribution in [1.29, 1.82) is 0 Å². The molecule has 0 amide bonds. The van der Waals surface area contributed by atoms with E-state index < -0.39 is 0 Å². The zero-order chi connectivity index (χ0) is 13.2. The molecule has 0 spiro atoms. The summed E-state index contributed by atoms with van der Waals surface area (Å²) in [4.78, 5) is 19.1. The number of pyridine rings is 1. The molecule has 0 radical (unpaired) electrons. The van der Waals surface area contributed by atoms with Crippen LogP contribution in [0.4, 0.5) is 0 Å². The second-order valence-corrected chi connectivity index (χ2v) is 5.26. The third kappa shape index (κ3) is 2.45. The van der Waals surface area contributed by atoms with Crippen LogP contribution in [-0.2, 0) is 0 Å². The molecule has 1 N–H and O–H groups in total. The maximum Gasteiger partial charge on any atom is 0.191 e. The second kappa shape index (κ2) is 4.99. The SMILES string of the molecule is O=c1cc[nH]cc1-c1nc(-c2ccc(Cl)cc2)cs1. The van der Waals surface area contributed by atoms with Gasteiger partial charge in [0.15, 0.2) is 5.43 Å². The molecule has 1 aromatic carbocycles. The summed E-state index contributed by atoms with van der Waals surface area (Å²) in [7, 11) is 0. The lowest BCUT2D eigenvalue weighted by atomic mass is 10.2. The quantitative estimate of drug-likeness (QED) is 0.779. The van der Waals surface area contributed by atoms with Gasteiger partial charge < -0.3 is 4.98 Å². The van der Waals surface area contributed by atoms with Crippen LogP contribution in [0, 0.1) is 0 Å². The van der Waals surface area contributed by atoms with Crippen LogP contribution in [0.5, 0.6) is 0 Å². The van der Waals surface area contributed by atoms with Crippen LogP contribution in [0.25, 0.3) is 21.8 Å². The summed E-state index contributed by atoms with van der Waals surface area (Å²) in [5.74, 6) is 0. The smallest absolute Gasteiger partial charge is 0.191 e. The molecular weight excluding hydrogens is 280 g/mol. The normalized spacial score (nSPS) is 10.6. The van der Waals surface area contributed by atoms with Gasteiger partial charge in [0.2, 0.25) is 0 Å². The maximum absolute atomic E-state index is 11.7. The molecule has 0 aliphatic carbocycles. The van der Waals surface area contributed by atoms with Gasteiger partial charge in [-0.15, -0.1) is 11.3 Å². The lowest BCUT2D eigenvalue weighted by Crippen LogP contribution is -2.02. The minimum atomic E-state index is -0.0317. The molecule has 0 fully saturated rings. The summed E-state index contributed by atoms with van der Waals surface area (Å²) in [6.45, 7) is 0. The van der Waals surface area contributed by atoms with Crippen molar-refractivity contribution in [3.8, 4) is 21.8 Å². The Kier molecular flexibility index (Phi) is 3.19. The highest BCUT2D eigenvalue weighted by atomic mass is 35.5. The number of halogens is 1. The molecule has 0 saturated carbocycles. The van der Waals surface area contributed by atoms with Crippen LogP contribution in [0.3, 0.4) is 0 Å². The van der Waals surface area contributed by atoms with Gasteiger partial charge in [-0.05, 0) is 12.1 Å². The Labute approximate surface area is 118 Å². The largest absolute Gasteiger partial charge is 0.367 e. The van der Waals surface area contributed by atoms with Crippen molar-refractivity contribution in [2.75, 3.05) is 0 Å². The summed E-state index contributed by atoms with van der Waals surface area (Å²) in [5.41, 5.74) is 2.39. The predicted octanol–water partition coefficient (Wildman–Crippen LogP) is 3.82. The highest BCUT2D eigenvalue weighted by Crippen LogP contribution is 2.27. The molecule has 2 aromatic heterocycles. The predicted molar refractivity (Wildman–Crippen MR) is 78.6 cm³/mol. The van der Waals surface area contributed by atoms with Gasteiger partial charge in [0.05, 0.1) is 11.3 Å². The number of hydrogen-bond donors (Lipinski definition) is 1. The van der Waals surface area contributed by atoms with Crippen molar-refractivity contribution in [3.63, 3.8) is 0 Å². The molecule has 2 heterocycles. The molecular formula is C14H9ClN2OS. The number of rotatable bonds is 2. The molecule has 3 aromatic rings. The lowest BCUT2D eigenvalue weighted by molar-refractivity contribution is 1.29. The number of nitrogens with one attached hydrogen (secondary N) is 1. The van der Waals surface area contributed by atoms with E-state index in [1.165, 1.54) is 17.4 Å². The van der Waals surface area contributed by atoms with Crippen molar-refractivity contribution >= 4 is 22.9 Å².